The molecule has 7 heteroatoms. The molecule has 1 aromatic carbocycles. The van der Waals surface area contributed by atoms with Gasteiger partial charge in [0.1, 0.15) is 11.9 Å². The number of nitrogens with two attached hydrogens (primary N) is 1. The molecule has 1 aliphatic rings. The van der Waals surface area contributed by atoms with Gasteiger partial charge >= 0.3 is 0 Å². The molecule has 0 aliphatic carbocycles. The van der Waals surface area contributed by atoms with E-state index < -0.39 is 11.5 Å². The van der Waals surface area contributed by atoms with Crippen LogP contribution in [0.5, 0.6) is 0 Å². The highest BCUT2D eigenvalue weighted by atomic mass is 35.5. The molecule has 1 heterocycles. The van der Waals surface area contributed by atoms with Crippen LogP contribution in [0.1, 0.15) is 32.3 Å². The summed E-state index contributed by atoms with van der Waals surface area (Å²) >= 11 is 6.10. The zero-order valence-electron chi connectivity index (χ0n) is 13.3. The second-order valence-corrected chi connectivity index (χ2v) is 6.67. The molecule has 2 atom stereocenters. The van der Waals surface area contributed by atoms with E-state index in [0.29, 0.717) is 23.6 Å². The van der Waals surface area contributed by atoms with Gasteiger partial charge in [0.05, 0.1) is 6.10 Å². The zero-order valence-corrected chi connectivity index (χ0v) is 14.8. The summed E-state index contributed by atoms with van der Waals surface area (Å²) in [5.74, 6) is -0.552. The molecule has 1 amide bonds. The molecule has 1 aromatic rings. The van der Waals surface area contributed by atoms with Crippen molar-refractivity contribution in [3.63, 3.8) is 0 Å². The van der Waals surface area contributed by atoms with Crippen molar-refractivity contribution in [1.29, 1.82) is 0 Å². The number of halogens is 3. The van der Waals surface area contributed by atoms with Crippen molar-refractivity contribution in [2.75, 3.05) is 13.1 Å². The Bertz CT molecular complexity index is 535. The molecule has 0 spiro atoms. The normalized spacial score (nSPS) is 20.9. The molecule has 1 saturated heterocycles. The smallest absolute Gasteiger partial charge is 0.249 e. The predicted molar refractivity (Wildman–Crippen MR) is 91.6 cm³/mol. The molecule has 0 unspecified atom stereocenters. The Labute approximate surface area is 147 Å². The van der Waals surface area contributed by atoms with Gasteiger partial charge in [0.15, 0.2) is 0 Å². The Morgan fingerprint density at radius 2 is 2.17 bits per heavy atom. The van der Waals surface area contributed by atoms with Crippen molar-refractivity contribution in [2.24, 2.45) is 5.73 Å². The fourth-order valence-electron chi connectivity index (χ4n) is 2.73. The summed E-state index contributed by atoms with van der Waals surface area (Å²) < 4.78 is 19.6. The SMILES string of the molecule is CC(C)(CNC(=O)[C@@H]1CC[C@H](CN)O1)c1c(F)cccc1Cl.Cl. The van der Waals surface area contributed by atoms with E-state index in [1.807, 2.05) is 13.8 Å². The van der Waals surface area contributed by atoms with Gasteiger partial charge in [0.25, 0.3) is 0 Å². The summed E-state index contributed by atoms with van der Waals surface area (Å²) in [4.78, 5) is 12.2. The maximum Gasteiger partial charge on any atom is 0.249 e. The lowest BCUT2D eigenvalue weighted by atomic mass is 9.84. The van der Waals surface area contributed by atoms with Crippen molar-refractivity contribution in [3.8, 4) is 0 Å². The molecular formula is C16H23Cl2FN2O2. The molecule has 1 fully saturated rings. The molecule has 4 nitrogen and oxygen atoms in total. The number of carbonyl (C=O) groups excluding carboxylic acids is 1. The van der Waals surface area contributed by atoms with Crippen LogP contribution < -0.4 is 11.1 Å². The van der Waals surface area contributed by atoms with E-state index in [0.717, 1.165) is 6.42 Å². The summed E-state index contributed by atoms with van der Waals surface area (Å²) in [6.45, 7) is 4.38. The number of hydrogen-bond acceptors (Lipinski definition) is 3. The quantitative estimate of drug-likeness (QED) is 0.844. The average molecular weight is 365 g/mol. The Morgan fingerprint density at radius 3 is 2.74 bits per heavy atom. The number of amides is 1. The van der Waals surface area contributed by atoms with E-state index >= 15 is 0 Å². The van der Waals surface area contributed by atoms with Crippen molar-refractivity contribution in [3.05, 3.63) is 34.6 Å². The van der Waals surface area contributed by atoms with Crippen LogP contribution >= 0.6 is 24.0 Å². The summed E-state index contributed by atoms with van der Waals surface area (Å²) in [5, 5.41) is 3.19. The minimum atomic E-state index is -0.621. The number of rotatable bonds is 5. The summed E-state index contributed by atoms with van der Waals surface area (Å²) in [6.07, 6.45) is 0.927. The van der Waals surface area contributed by atoms with Crippen molar-refractivity contribution in [1.82, 2.24) is 5.32 Å². The Kier molecular flexibility index (Phi) is 7.27. The molecule has 130 valence electrons. The van der Waals surface area contributed by atoms with Gasteiger partial charge in [-0.2, -0.15) is 0 Å². The number of benzene rings is 1. The predicted octanol–water partition coefficient (Wildman–Crippen LogP) is 2.80. The van der Waals surface area contributed by atoms with Gasteiger partial charge in [-0.1, -0.05) is 31.5 Å². The number of carbonyl (C=O) groups is 1. The fourth-order valence-corrected chi connectivity index (χ4v) is 3.15. The second-order valence-electron chi connectivity index (χ2n) is 6.26. The molecule has 0 aromatic heterocycles. The van der Waals surface area contributed by atoms with Crippen LogP contribution in [0.2, 0.25) is 5.02 Å². The van der Waals surface area contributed by atoms with Gasteiger partial charge in [-0.3, -0.25) is 4.79 Å². The van der Waals surface area contributed by atoms with Crippen LogP contribution in [0.3, 0.4) is 0 Å². The third-order valence-corrected chi connectivity index (χ3v) is 4.32. The van der Waals surface area contributed by atoms with Gasteiger partial charge < -0.3 is 15.8 Å². The van der Waals surface area contributed by atoms with Gasteiger partial charge in [-0.15, -0.1) is 12.4 Å². The maximum atomic E-state index is 14.0. The van der Waals surface area contributed by atoms with E-state index in [4.69, 9.17) is 22.1 Å². The first-order valence-electron chi connectivity index (χ1n) is 7.43. The number of nitrogens with one attached hydrogen (secondary N) is 1. The Morgan fingerprint density at radius 1 is 1.48 bits per heavy atom. The minimum Gasteiger partial charge on any atom is -0.364 e. The average Bonchev–Trinajstić information content (AvgIpc) is 2.93. The van der Waals surface area contributed by atoms with Gasteiger partial charge in [-0.25, -0.2) is 4.39 Å². The maximum absolute atomic E-state index is 14.0. The van der Waals surface area contributed by atoms with Crippen molar-refractivity contribution in [2.45, 2.75) is 44.3 Å². The highest BCUT2D eigenvalue weighted by molar-refractivity contribution is 6.31. The van der Waals surface area contributed by atoms with Crippen LogP contribution in [0.25, 0.3) is 0 Å². The molecule has 23 heavy (non-hydrogen) atoms. The third kappa shape index (κ3) is 4.80. The summed E-state index contributed by atoms with van der Waals surface area (Å²) in [6, 6.07) is 4.58. The van der Waals surface area contributed by atoms with Crippen LogP contribution in [0.15, 0.2) is 18.2 Å². The van der Waals surface area contributed by atoms with E-state index in [9.17, 15) is 9.18 Å². The molecule has 0 radical (unpaired) electrons. The first-order valence-corrected chi connectivity index (χ1v) is 7.80. The monoisotopic (exact) mass is 364 g/mol. The number of ether oxygens (including phenoxy) is 1. The van der Waals surface area contributed by atoms with Gasteiger partial charge in [-0.05, 0) is 25.0 Å². The van der Waals surface area contributed by atoms with E-state index in [-0.39, 0.29) is 36.8 Å². The largest absolute Gasteiger partial charge is 0.364 e. The fraction of sp³-hybridized carbons (Fsp3) is 0.562. The lowest BCUT2D eigenvalue weighted by Gasteiger charge is -2.27. The standard InChI is InChI=1S/C16H22ClFN2O2.ClH/c1-16(2,14-11(17)4-3-5-12(14)18)9-20-15(21)13-7-6-10(8-19)22-13;/h3-5,10,13H,6-9,19H2,1-2H3,(H,20,21);1H/t10-,13+;/m1./s1. The summed E-state index contributed by atoms with van der Waals surface area (Å²) in [5.41, 5.74) is 5.32. The highest BCUT2D eigenvalue weighted by Gasteiger charge is 2.32. The van der Waals surface area contributed by atoms with Gasteiger partial charge in [0, 0.05) is 29.1 Å². The van der Waals surface area contributed by atoms with Crippen molar-refractivity contribution < 1.29 is 13.9 Å². The van der Waals surface area contributed by atoms with Gasteiger partial charge in [0.2, 0.25) is 5.91 Å². The molecule has 0 bridgehead atoms. The molecular weight excluding hydrogens is 342 g/mol. The lowest BCUT2D eigenvalue weighted by molar-refractivity contribution is -0.132. The Hall–Kier alpha value is -0.880. The molecule has 2 rings (SSSR count). The van der Waals surface area contributed by atoms with E-state index in [1.54, 1.807) is 12.1 Å². The van der Waals surface area contributed by atoms with E-state index in [2.05, 4.69) is 5.32 Å². The number of hydrogen-bond donors (Lipinski definition) is 2. The molecule has 3 N–H and O–H groups in total. The van der Waals surface area contributed by atoms with Crippen LogP contribution in [-0.2, 0) is 14.9 Å². The minimum absolute atomic E-state index is 0. The van der Waals surface area contributed by atoms with Crippen LogP contribution in [0, 0.1) is 5.82 Å². The Balaban J connectivity index is 0.00000264. The lowest BCUT2D eigenvalue weighted by Crippen LogP contribution is -2.42. The first kappa shape index (κ1) is 20.2. The molecule has 1 aliphatic heterocycles. The molecule has 0 saturated carbocycles. The first-order chi connectivity index (χ1) is 10.3. The second kappa shape index (κ2) is 8.29. The summed E-state index contributed by atoms with van der Waals surface area (Å²) in [7, 11) is 0. The van der Waals surface area contributed by atoms with Crippen LogP contribution in [-0.4, -0.2) is 31.2 Å². The van der Waals surface area contributed by atoms with Crippen molar-refractivity contribution >= 4 is 29.9 Å². The van der Waals surface area contributed by atoms with Crippen LogP contribution in [0.4, 0.5) is 4.39 Å². The zero-order chi connectivity index (χ0) is 16.3. The third-order valence-electron chi connectivity index (χ3n) is 4.01. The topological polar surface area (TPSA) is 64.4 Å². The van der Waals surface area contributed by atoms with E-state index in [1.165, 1.54) is 6.07 Å². The highest BCUT2D eigenvalue weighted by Crippen LogP contribution is 2.31.